The number of H-pyrrole nitrogens is 1. The summed E-state index contributed by atoms with van der Waals surface area (Å²) in [6.45, 7) is 1.74. The number of nitrogens with one attached hydrogen (secondary N) is 2. The fourth-order valence-electron chi connectivity index (χ4n) is 1.53. The van der Waals surface area contributed by atoms with Crippen LogP contribution in [0.25, 0.3) is 0 Å². The predicted octanol–water partition coefficient (Wildman–Crippen LogP) is 3.24. The van der Waals surface area contributed by atoms with Crippen LogP contribution < -0.4 is 10.7 Å². The van der Waals surface area contributed by atoms with Crippen molar-refractivity contribution < 1.29 is 4.79 Å². The summed E-state index contributed by atoms with van der Waals surface area (Å²) in [4.78, 5) is 26.5. The van der Waals surface area contributed by atoms with Gasteiger partial charge in [0.15, 0.2) is 5.43 Å². The molecule has 0 aliphatic heterocycles. The molecule has 0 bridgehead atoms. The van der Waals surface area contributed by atoms with Gasteiger partial charge in [0.1, 0.15) is 5.56 Å². The SMILES string of the molecule is Cc1cc(=O)c(C(=O)Nc2ccc(Cl)cc2Cl)c[nH]1. The molecule has 2 rings (SSSR count). The van der Waals surface area contributed by atoms with E-state index in [2.05, 4.69) is 10.3 Å². The summed E-state index contributed by atoms with van der Waals surface area (Å²) in [6, 6.07) is 6.05. The number of amides is 1. The molecule has 0 atom stereocenters. The van der Waals surface area contributed by atoms with Crippen LogP contribution in [0.2, 0.25) is 10.0 Å². The number of aromatic nitrogens is 1. The van der Waals surface area contributed by atoms with Crippen LogP contribution in [0.4, 0.5) is 5.69 Å². The van der Waals surface area contributed by atoms with Crippen LogP contribution in [0.1, 0.15) is 16.1 Å². The Morgan fingerprint density at radius 3 is 2.63 bits per heavy atom. The molecule has 98 valence electrons. The molecule has 0 aliphatic carbocycles. The van der Waals surface area contributed by atoms with Crippen molar-refractivity contribution in [1.82, 2.24) is 4.98 Å². The van der Waals surface area contributed by atoms with E-state index in [1.165, 1.54) is 18.3 Å². The van der Waals surface area contributed by atoms with Gasteiger partial charge in [-0.25, -0.2) is 0 Å². The maximum absolute atomic E-state index is 12.0. The van der Waals surface area contributed by atoms with Crippen molar-refractivity contribution in [3.63, 3.8) is 0 Å². The van der Waals surface area contributed by atoms with Gasteiger partial charge in [0.2, 0.25) is 0 Å². The van der Waals surface area contributed by atoms with E-state index in [0.29, 0.717) is 21.4 Å². The normalized spacial score (nSPS) is 10.3. The molecule has 1 aromatic carbocycles. The lowest BCUT2D eigenvalue weighted by atomic mass is 10.2. The first-order chi connectivity index (χ1) is 8.97. The largest absolute Gasteiger partial charge is 0.364 e. The molecule has 1 heterocycles. The molecule has 0 fully saturated rings. The Morgan fingerprint density at radius 1 is 1.26 bits per heavy atom. The lowest BCUT2D eigenvalue weighted by molar-refractivity contribution is 0.102. The quantitative estimate of drug-likeness (QED) is 0.894. The second kappa shape index (κ2) is 5.47. The lowest BCUT2D eigenvalue weighted by Gasteiger charge is -2.07. The Kier molecular flexibility index (Phi) is 3.93. The van der Waals surface area contributed by atoms with Gasteiger partial charge < -0.3 is 10.3 Å². The zero-order chi connectivity index (χ0) is 14.0. The fraction of sp³-hybridized carbons (Fsp3) is 0.0769. The zero-order valence-corrected chi connectivity index (χ0v) is 11.5. The maximum Gasteiger partial charge on any atom is 0.261 e. The van der Waals surface area contributed by atoms with E-state index in [1.807, 2.05) is 0 Å². The van der Waals surface area contributed by atoms with Crippen LogP contribution in [0.5, 0.6) is 0 Å². The van der Waals surface area contributed by atoms with E-state index >= 15 is 0 Å². The number of carbonyl (C=O) groups is 1. The highest BCUT2D eigenvalue weighted by molar-refractivity contribution is 6.36. The third-order valence-corrected chi connectivity index (χ3v) is 3.03. The van der Waals surface area contributed by atoms with Gasteiger partial charge in [0, 0.05) is 23.0 Å². The van der Waals surface area contributed by atoms with Gasteiger partial charge in [0.05, 0.1) is 10.7 Å². The first-order valence-electron chi connectivity index (χ1n) is 5.43. The monoisotopic (exact) mass is 296 g/mol. The van der Waals surface area contributed by atoms with Gasteiger partial charge in [0.25, 0.3) is 5.91 Å². The second-order valence-electron chi connectivity index (χ2n) is 3.97. The Morgan fingerprint density at radius 2 is 2.00 bits per heavy atom. The van der Waals surface area contributed by atoms with Gasteiger partial charge >= 0.3 is 0 Å². The van der Waals surface area contributed by atoms with Crippen LogP contribution in [0.15, 0.2) is 35.3 Å². The first-order valence-corrected chi connectivity index (χ1v) is 6.18. The van der Waals surface area contributed by atoms with Gasteiger partial charge in [-0.1, -0.05) is 23.2 Å². The van der Waals surface area contributed by atoms with Crippen LogP contribution in [0.3, 0.4) is 0 Å². The van der Waals surface area contributed by atoms with Crippen LogP contribution in [-0.4, -0.2) is 10.9 Å². The van der Waals surface area contributed by atoms with Crippen molar-refractivity contribution in [2.45, 2.75) is 6.92 Å². The van der Waals surface area contributed by atoms with Gasteiger partial charge in [-0.05, 0) is 25.1 Å². The number of aryl methyl sites for hydroxylation is 1. The molecular formula is C13H10Cl2N2O2. The number of carbonyl (C=O) groups excluding carboxylic acids is 1. The molecule has 1 amide bonds. The average Bonchev–Trinajstić information content (AvgIpc) is 2.32. The van der Waals surface area contributed by atoms with Crippen molar-refractivity contribution in [1.29, 1.82) is 0 Å². The Hall–Kier alpha value is -1.78. The molecule has 0 radical (unpaired) electrons. The molecule has 19 heavy (non-hydrogen) atoms. The van der Waals surface area contributed by atoms with Crippen LogP contribution in [-0.2, 0) is 0 Å². The first kappa shape index (κ1) is 13.6. The van der Waals surface area contributed by atoms with Crippen molar-refractivity contribution in [3.05, 3.63) is 62.0 Å². The minimum absolute atomic E-state index is 0.0246. The van der Waals surface area contributed by atoms with Gasteiger partial charge in [-0.3, -0.25) is 9.59 Å². The number of rotatable bonds is 2. The van der Waals surface area contributed by atoms with Crippen molar-refractivity contribution in [3.8, 4) is 0 Å². The molecule has 2 N–H and O–H groups in total. The highest BCUT2D eigenvalue weighted by Crippen LogP contribution is 2.25. The Labute approximate surface area is 119 Å². The molecule has 6 heteroatoms. The standard InChI is InChI=1S/C13H10Cl2N2O2/c1-7-4-12(18)9(6-16-7)13(19)17-11-3-2-8(14)5-10(11)15/h2-6H,1H3,(H,16,18)(H,17,19). The summed E-state index contributed by atoms with van der Waals surface area (Å²) in [7, 11) is 0. The molecule has 0 unspecified atom stereocenters. The van der Waals surface area contributed by atoms with Crippen LogP contribution in [0, 0.1) is 6.92 Å². The Balaban J connectivity index is 2.28. The topological polar surface area (TPSA) is 62.0 Å². The maximum atomic E-state index is 12.0. The molecule has 2 aromatic rings. The minimum Gasteiger partial charge on any atom is -0.364 e. The molecule has 0 aliphatic rings. The summed E-state index contributed by atoms with van der Waals surface area (Å²) < 4.78 is 0. The second-order valence-corrected chi connectivity index (χ2v) is 4.82. The summed E-state index contributed by atoms with van der Waals surface area (Å²) in [6.07, 6.45) is 1.37. The van der Waals surface area contributed by atoms with Gasteiger partial charge in [-0.2, -0.15) is 0 Å². The van der Waals surface area contributed by atoms with Gasteiger partial charge in [-0.15, -0.1) is 0 Å². The van der Waals surface area contributed by atoms with E-state index in [-0.39, 0.29) is 11.0 Å². The molecule has 0 saturated carbocycles. The number of hydrogen-bond donors (Lipinski definition) is 2. The zero-order valence-electron chi connectivity index (χ0n) is 9.96. The molecule has 4 nitrogen and oxygen atoms in total. The number of anilines is 1. The number of benzene rings is 1. The summed E-state index contributed by atoms with van der Waals surface area (Å²) in [5.41, 5.74) is 0.762. The minimum atomic E-state index is -0.523. The van der Waals surface area contributed by atoms with Crippen molar-refractivity contribution >= 4 is 34.8 Å². The van der Waals surface area contributed by atoms with E-state index in [9.17, 15) is 9.59 Å². The average molecular weight is 297 g/mol. The molecule has 1 aromatic heterocycles. The third-order valence-electron chi connectivity index (χ3n) is 2.48. The molecular weight excluding hydrogens is 287 g/mol. The van der Waals surface area contributed by atoms with E-state index in [4.69, 9.17) is 23.2 Å². The predicted molar refractivity (Wildman–Crippen MR) is 76.2 cm³/mol. The fourth-order valence-corrected chi connectivity index (χ4v) is 1.99. The van der Waals surface area contributed by atoms with E-state index in [1.54, 1.807) is 19.1 Å². The van der Waals surface area contributed by atoms with Crippen molar-refractivity contribution in [2.75, 3.05) is 5.32 Å². The van der Waals surface area contributed by atoms with Crippen LogP contribution >= 0.6 is 23.2 Å². The highest BCUT2D eigenvalue weighted by atomic mass is 35.5. The smallest absolute Gasteiger partial charge is 0.261 e. The summed E-state index contributed by atoms with van der Waals surface area (Å²) in [5, 5.41) is 3.34. The van der Waals surface area contributed by atoms with Crippen molar-refractivity contribution in [2.24, 2.45) is 0 Å². The van der Waals surface area contributed by atoms with E-state index < -0.39 is 5.91 Å². The summed E-state index contributed by atoms with van der Waals surface area (Å²) >= 11 is 11.7. The summed E-state index contributed by atoms with van der Waals surface area (Å²) in [5.74, 6) is -0.523. The third kappa shape index (κ3) is 3.16. The highest BCUT2D eigenvalue weighted by Gasteiger charge is 2.12. The number of aromatic amines is 1. The number of halogens is 2. The molecule has 0 spiro atoms. The van der Waals surface area contributed by atoms with E-state index in [0.717, 1.165) is 0 Å². The Bertz CT molecular complexity index is 695. The number of pyridine rings is 1. The lowest BCUT2D eigenvalue weighted by Crippen LogP contribution is -2.21. The number of hydrogen-bond acceptors (Lipinski definition) is 2. The molecule has 0 saturated heterocycles.